The highest BCUT2D eigenvalue weighted by molar-refractivity contribution is 5.84. The van der Waals surface area contributed by atoms with E-state index in [-0.39, 0.29) is 0 Å². The molecule has 0 unspecified atom stereocenters. The highest BCUT2D eigenvalue weighted by atomic mass is 16.7. The molecule has 14 heavy (non-hydrogen) atoms. The van der Waals surface area contributed by atoms with Crippen LogP contribution in [0.1, 0.15) is 12.6 Å². The fourth-order valence-corrected chi connectivity index (χ4v) is 1.77. The molecule has 0 radical (unpaired) electrons. The third-order valence-electron chi connectivity index (χ3n) is 2.55. The van der Waals surface area contributed by atoms with Crippen LogP contribution in [0, 0.1) is 0 Å². The van der Waals surface area contributed by atoms with Gasteiger partial charge in [0.15, 0.2) is 11.5 Å². The Bertz CT molecular complexity index is 446. The third-order valence-corrected chi connectivity index (χ3v) is 2.55. The van der Waals surface area contributed by atoms with E-state index in [4.69, 9.17) is 9.47 Å². The molecule has 0 bridgehead atoms. The second-order valence-corrected chi connectivity index (χ2v) is 3.44. The van der Waals surface area contributed by atoms with Crippen LogP contribution in [-0.4, -0.2) is 11.8 Å². The molecule has 3 heteroatoms. The highest BCUT2D eigenvalue weighted by Gasteiger charge is 2.14. The lowest BCUT2D eigenvalue weighted by molar-refractivity contribution is 0.174. The van der Waals surface area contributed by atoms with E-state index in [2.05, 4.69) is 18.0 Å². The zero-order valence-corrected chi connectivity index (χ0v) is 7.96. The second-order valence-electron chi connectivity index (χ2n) is 3.44. The average Bonchev–Trinajstić information content (AvgIpc) is 2.77. The minimum Gasteiger partial charge on any atom is -0.454 e. The van der Waals surface area contributed by atoms with Crippen LogP contribution in [0.15, 0.2) is 18.2 Å². The average molecular weight is 189 g/mol. The number of nitrogens with one attached hydrogen (secondary N) is 1. The van der Waals surface area contributed by atoms with Crippen molar-refractivity contribution in [1.82, 2.24) is 4.98 Å². The van der Waals surface area contributed by atoms with Gasteiger partial charge in [-0.25, -0.2) is 0 Å². The summed E-state index contributed by atoms with van der Waals surface area (Å²) in [6, 6.07) is 6.17. The molecule has 0 saturated carbocycles. The van der Waals surface area contributed by atoms with Crippen LogP contribution in [0.4, 0.5) is 0 Å². The van der Waals surface area contributed by atoms with Crippen LogP contribution >= 0.6 is 0 Å². The summed E-state index contributed by atoms with van der Waals surface area (Å²) in [6.07, 6.45) is 1.01. The van der Waals surface area contributed by atoms with Crippen molar-refractivity contribution in [2.75, 3.05) is 6.79 Å². The van der Waals surface area contributed by atoms with E-state index in [9.17, 15) is 0 Å². The van der Waals surface area contributed by atoms with Gasteiger partial charge in [-0.05, 0) is 18.6 Å². The van der Waals surface area contributed by atoms with Crippen LogP contribution < -0.4 is 9.47 Å². The molecule has 1 N–H and O–H groups in total. The molecule has 0 fully saturated rings. The van der Waals surface area contributed by atoms with Crippen LogP contribution in [0.5, 0.6) is 11.5 Å². The normalized spacial score (nSPS) is 13.8. The molecule has 0 amide bonds. The molecule has 3 nitrogen and oxygen atoms in total. The molecule has 72 valence electrons. The largest absolute Gasteiger partial charge is 0.454 e. The van der Waals surface area contributed by atoms with Gasteiger partial charge >= 0.3 is 0 Å². The molecular formula is C11H11NO2. The molecule has 1 aliphatic heterocycles. The van der Waals surface area contributed by atoms with Gasteiger partial charge in [0.25, 0.3) is 0 Å². The SMILES string of the molecule is CCc1cc2cc3c(cc2[nH]1)OCO3. The zero-order valence-electron chi connectivity index (χ0n) is 7.96. The first-order valence-electron chi connectivity index (χ1n) is 4.78. The number of hydrogen-bond acceptors (Lipinski definition) is 2. The summed E-state index contributed by atoms with van der Waals surface area (Å²) in [5.74, 6) is 1.68. The van der Waals surface area contributed by atoms with Crippen molar-refractivity contribution in [2.24, 2.45) is 0 Å². The van der Waals surface area contributed by atoms with E-state index in [1.165, 1.54) is 11.1 Å². The maximum absolute atomic E-state index is 5.31. The third kappa shape index (κ3) is 0.985. The maximum atomic E-state index is 5.31. The van der Waals surface area contributed by atoms with Crippen LogP contribution in [0.3, 0.4) is 0 Å². The quantitative estimate of drug-likeness (QED) is 0.747. The molecular weight excluding hydrogens is 178 g/mol. The van der Waals surface area contributed by atoms with Crippen molar-refractivity contribution < 1.29 is 9.47 Å². The summed E-state index contributed by atoms with van der Waals surface area (Å²) >= 11 is 0. The molecule has 0 saturated heterocycles. The lowest BCUT2D eigenvalue weighted by Crippen LogP contribution is -1.92. The molecule has 1 aliphatic rings. The van der Waals surface area contributed by atoms with E-state index in [1.54, 1.807) is 0 Å². The summed E-state index contributed by atoms with van der Waals surface area (Å²) in [7, 11) is 0. The minimum atomic E-state index is 0.336. The van der Waals surface area contributed by atoms with Crippen LogP contribution in [0.25, 0.3) is 10.9 Å². The first kappa shape index (κ1) is 7.74. The Morgan fingerprint density at radius 1 is 1.21 bits per heavy atom. The van der Waals surface area contributed by atoms with Gasteiger partial charge in [-0.1, -0.05) is 6.92 Å². The molecule has 2 heterocycles. The van der Waals surface area contributed by atoms with E-state index in [0.29, 0.717) is 6.79 Å². The van der Waals surface area contributed by atoms with Crippen molar-refractivity contribution in [3.63, 3.8) is 0 Å². The zero-order chi connectivity index (χ0) is 9.54. The minimum absolute atomic E-state index is 0.336. The Labute approximate surface area is 81.6 Å². The Morgan fingerprint density at radius 3 is 2.79 bits per heavy atom. The summed E-state index contributed by atoms with van der Waals surface area (Å²) in [4.78, 5) is 3.34. The summed E-state index contributed by atoms with van der Waals surface area (Å²) in [5, 5.41) is 1.19. The fourth-order valence-electron chi connectivity index (χ4n) is 1.77. The van der Waals surface area contributed by atoms with E-state index < -0.39 is 0 Å². The second kappa shape index (κ2) is 2.67. The number of rotatable bonds is 1. The number of fused-ring (bicyclic) bond motifs is 2. The van der Waals surface area contributed by atoms with E-state index in [1.807, 2.05) is 12.1 Å². The predicted octanol–water partition coefficient (Wildman–Crippen LogP) is 2.46. The molecule has 1 aromatic heterocycles. The number of ether oxygens (including phenoxy) is 2. The monoisotopic (exact) mass is 189 g/mol. The van der Waals surface area contributed by atoms with Gasteiger partial charge in [0.2, 0.25) is 6.79 Å². The van der Waals surface area contributed by atoms with E-state index >= 15 is 0 Å². The van der Waals surface area contributed by atoms with Gasteiger partial charge in [-0.2, -0.15) is 0 Å². The Balaban J connectivity index is 2.25. The highest BCUT2D eigenvalue weighted by Crippen LogP contribution is 2.36. The van der Waals surface area contributed by atoms with Crippen molar-refractivity contribution in [3.05, 3.63) is 23.9 Å². The lowest BCUT2D eigenvalue weighted by Gasteiger charge is -1.94. The van der Waals surface area contributed by atoms with Gasteiger partial charge in [0, 0.05) is 22.7 Å². The van der Waals surface area contributed by atoms with Gasteiger partial charge in [-0.3, -0.25) is 0 Å². The summed E-state index contributed by atoms with van der Waals surface area (Å²) < 4.78 is 10.6. The Hall–Kier alpha value is -1.64. The Morgan fingerprint density at radius 2 is 2.00 bits per heavy atom. The van der Waals surface area contributed by atoms with Crippen molar-refractivity contribution in [2.45, 2.75) is 13.3 Å². The van der Waals surface area contributed by atoms with Crippen molar-refractivity contribution in [1.29, 1.82) is 0 Å². The number of aryl methyl sites for hydroxylation is 1. The first-order chi connectivity index (χ1) is 6.86. The van der Waals surface area contributed by atoms with E-state index in [0.717, 1.165) is 23.4 Å². The van der Waals surface area contributed by atoms with Gasteiger partial charge < -0.3 is 14.5 Å². The van der Waals surface area contributed by atoms with Crippen LogP contribution in [-0.2, 0) is 6.42 Å². The maximum Gasteiger partial charge on any atom is 0.231 e. The first-order valence-corrected chi connectivity index (χ1v) is 4.78. The Kier molecular flexibility index (Phi) is 1.48. The van der Waals surface area contributed by atoms with Crippen molar-refractivity contribution >= 4 is 10.9 Å². The molecule has 1 aromatic carbocycles. The fraction of sp³-hybridized carbons (Fsp3) is 0.273. The number of aromatic amines is 1. The summed E-state index contributed by atoms with van der Waals surface area (Å²) in [5.41, 5.74) is 2.36. The molecule has 0 atom stereocenters. The molecule has 0 aliphatic carbocycles. The van der Waals surface area contributed by atoms with Crippen molar-refractivity contribution in [3.8, 4) is 11.5 Å². The number of H-pyrrole nitrogens is 1. The van der Waals surface area contributed by atoms with Gasteiger partial charge in [-0.15, -0.1) is 0 Å². The standard InChI is InChI=1S/C11H11NO2/c1-2-8-3-7-4-10-11(14-6-13-10)5-9(7)12-8/h3-5,12H,2,6H2,1H3. The molecule has 2 aromatic rings. The lowest BCUT2D eigenvalue weighted by atomic mass is 10.2. The number of aromatic nitrogens is 1. The number of benzene rings is 1. The van der Waals surface area contributed by atoms with Gasteiger partial charge in [0.1, 0.15) is 0 Å². The smallest absolute Gasteiger partial charge is 0.231 e. The van der Waals surface area contributed by atoms with Crippen LogP contribution in [0.2, 0.25) is 0 Å². The topological polar surface area (TPSA) is 34.2 Å². The molecule has 0 spiro atoms. The molecule has 3 rings (SSSR count). The number of hydrogen-bond donors (Lipinski definition) is 1. The summed E-state index contributed by atoms with van der Waals surface area (Å²) in [6.45, 7) is 2.47. The van der Waals surface area contributed by atoms with Gasteiger partial charge in [0.05, 0.1) is 0 Å². The predicted molar refractivity (Wildman–Crippen MR) is 53.8 cm³/mol.